The maximum Gasteiger partial charge on any atom is 0.232 e. The summed E-state index contributed by atoms with van der Waals surface area (Å²) in [5, 5.41) is 3.24. The lowest BCUT2D eigenvalue weighted by Crippen LogP contribution is -2.43. The smallest absolute Gasteiger partial charge is 0.232 e. The topological polar surface area (TPSA) is 47.6 Å². The summed E-state index contributed by atoms with van der Waals surface area (Å²) in [5.74, 6) is 1.04. The van der Waals surface area contributed by atoms with E-state index in [2.05, 4.69) is 5.32 Å². The van der Waals surface area contributed by atoms with Crippen molar-refractivity contribution in [3.63, 3.8) is 0 Å². The second-order valence-electron chi connectivity index (χ2n) is 7.73. The lowest BCUT2D eigenvalue weighted by atomic mass is 9.88. The van der Waals surface area contributed by atoms with Crippen LogP contribution in [0.4, 0.5) is 0 Å². The Hall–Kier alpha value is -3.27. The Morgan fingerprint density at radius 3 is 1.97 bits per heavy atom. The van der Waals surface area contributed by atoms with Gasteiger partial charge in [-0.15, -0.1) is 0 Å². The standard InChI is InChI=1S/C25H25NO3/c1-25(2,20-13-14-21-22(17-20)29-16-15-28-21)26-24(27)23(18-9-5-3-6-10-18)19-11-7-4-8-12-19/h3-14,17,23H,15-16H2,1-2H3,(H,26,27). The monoisotopic (exact) mass is 387 g/mol. The summed E-state index contributed by atoms with van der Waals surface area (Å²) in [5.41, 5.74) is 2.33. The molecule has 148 valence electrons. The molecule has 1 amide bonds. The van der Waals surface area contributed by atoms with Gasteiger partial charge in [0.15, 0.2) is 11.5 Å². The van der Waals surface area contributed by atoms with Crippen LogP contribution in [0.25, 0.3) is 0 Å². The molecule has 0 spiro atoms. The molecular weight excluding hydrogens is 362 g/mol. The van der Waals surface area contributed by atoms with Crippen LogP contribution in [-0.4, -0.2) is 19.1 Å². The van der Waals surface area contributed by atoms with Crippen LogP contribution in [0.2, 0.25) is 0 Å². The van der Waals surface area contributed by atoms with Crippen LogP contribution in [-0.2, 0) is 10.3 Å². The molecule has 1 aliphatic heterocycles. The van der Waals surface area contributed by atoms with E-state index in [1.165, 1.54) is 0 Å². The molecule has 1 heterocycles. The Balaban J connectivity index is 1.63. The van der Waals surface area contributed by atoms with Crippen LogP contribution in [0.15, 0.2) is 78.9 Å². The van der Waals surface area contributed by atoms with E-state index in [4.69, 9.17) is 9.47 Å². The van der Waals surface area contributed by atoms with E-state index in [1.54, 1.807) is 0 Å². The average molecular weight is 387 g/mol. The average Bonchev–Trinajstić information content (AvgIpc) is 2.75. The fourth-order valence-corrected chi connectivity index (χ4v) is 3.67. The summed E-state index contributed by atoms with van der Waals surface area (Å²) in [6.45, 7) is 5.10. The van der Waals surface area contributed by atoms with Crippen LogP contribution in [0.1, 0.15) is 36.5 Å². The molecule has 4 heteroatoms. The summed E-state index contributed by atoms with van der Waals surface area (Å²) >= 11 is 0. The molecule has 29 heavy (non-hydrogen) atoms. The third-order valence-corrected chi connectivity index (χ3v) is 5.23. The maximum atomic E-state index is 13.5. The quantitative estimate of drug-likeness (QED) is 0.694. The number of nitrogens with one attached hydrogen (secondary N) is 1. The Labute approximate surface area is 171 Å². The minimum atomic E-state index is -0.575. The van der Waals surface area contributed by atoms with Gasteiger partial charge >= 0.3 is 0 Å². The van der Waals surface area contributed by atoms with E-state index in [9.17, 15) is 4.79 Å². The Morgan fingerprint density at radius 1 is 0.828 bits per heavy atom. The number of hydrogen-bond acceptors (Lipinski definition) is 3. The fraction of sp³-hybridized carbons (Fsp3) is 0.240. The van der Waals surface area contributed by atoms with Crippen molar-refractivity contribution >= 4 is 5.91 Å². The highest BCUT2D eigenvalue weighted by molar-refractivity contribution is 5.87. The summed E-state index contributed by atoms with van der Waals surface area (Å²) < 4.78 is 11.3. The van der Waals surface area contributed by atoms with Crippen molar-refractivity contribution in [3.05, 3.63) is 95.6 Å². The highest BCUT2D eigenvalue weighted by Crippen LogP contribution is 2.35. The highest BCUT2D eigenvalue weighted by Gasteiger charge is 2.30. The number of benzene rings is 3. The summed E-state index contributed by atoms with van der Waals surface area (Å²) in [6, 6.07) is 25.6. The predicted molar refractivity (Wildman–Crippen MR) is 113 cm³/mol. The van der Waals surface area contributed by atoms with Gasteiger partial charge in [-0.05, 0) is 42.7 Å². The summed E-state index contributed by atoms with van der Waals surface area (Å²) in [4.78, 5) is 13.5. The van der Waals surface area contributed by atoms with Crippen molar-refractivity contribution in [2.45, 2.75) is 25.3 Å². The molecule has 0 aromatic heterocycles. The summed E-state index contributed by atoms with van der Waals surface area (Å²) in [6.07, 6.45) is 0. The number of carbonyl (C=O) groups excluding carboxylic acids is 1. The lowest BCUT2D eigenvalue weighted by molar-refractivity contribution is -0.123. The SMILES string of the molecule is CC(C)(NC(=O)C(c1ccccc1)c1ccccc1)c1ccc2c(c1)OCCO2. The summed E-state index contributed by atoms with van der Waals surface area (Å²) in [7, 11) is 0. The molecule has 4 rings (SSSR count). The minimum absolute atomic E-state index is 0.0395. The zero-order valence-corrected chi connectivity index (χ0v) is 16.7. The number of fused-ring (bicyclic) bond motifs is 1. The van der Waals surface area contributed by atoms with E-state index in [1.807, 2.05) is 92.7 Å². The van der Waals surface area contributed by atoms with Crippen LogP contribution in [0, 0.1) is 0 Å². The largest absolute Gasteiger partial charge is 0.486 e. The number of hydrogen-bond donors (Lipinski definition) is 1. The molecule has 4 nitrogen and oxygen atoms in total. The zero-order chi connectivity index (χ0) is 20.3. The van der Waals surface area contributed by atoms with Gasteiger partial charge in [-0.25, -0.2) is 0 Å². The van der Waals surface area contributed by atoms with Gasteiger partial charge in [0.2, 0.25) is 5.91 Å². The predicted octanol–water partition coefficient (Wildman–Crippen LogP) is 4.64. The van der Waals surface area contributed by atoms with E-state index in [-0.39, 0.29) is 11.8 Å². The molecule has 0 aliphatic carbocycles. The molecule has 0 fully saturated rings. The van der Waals surface area contributed by atoms with Gasteiger partial charge in [0, 0.05) is 0 Å². The third-order valence-electron chi connectivity index (χ3n) is 5.23. The molecule has 1 aliphatic rings. The van der Waals surface area contributed by atoms with E-state index < -0.39 is 5.54 Å². The number of rotatable bonds is 5. The first-order chi connectivity index (χ1) is 14.0. The van der Waals surface area contributed by atoms with E-state index >= 15 is 0 Å². The van der Waals surface area contributed by atoms with Crippen molar-refractivity contribution in [1.82, 2.24) is 5.32 Å². The van der Waals surface area contributed by atoms with Gasteiger partial charge in [0.1, 0.15) is 13.2 Å². The molecule has 3 aromatic rings. The number of ether oxygens (including phenoxy) is 2. The normalized spacial score (nSPS) is 13.2. The Bertz CT molecular complexity index is 944. The first-order valence-corrected chi connectivity index (χ1v) is 9.87. The number of amides is 1. The maximum absolute atomic E-state index is 13.5. The zero-order valence-electron chi connectivity index (χ0n) is 16.7. The van der Waals surface area contributed by atoms with E-state index in [0.717, 1.165) is 28.2 Å². The second-order valence-corrected chi connectivity index (χ2v) is 7.73. The first kappa shape index (κ1) is 19.1. The molecule has 3 aromatic carbocycles. The molecular formula is C25H25NO3. The van der Waals surface area contributed by atoms with Gasteiger partial charge in [-0.1, -0.05) is 66.7 Å². The molecule has 0 unspecified atom stereocenters. The van der Waals surface area contributed by atoms with Crippen LogP contribution >= 0.6 is 0 Å². The number of carbonyl (C=O) groups is 1. The van der Waals surface area contributed by atoms with Gasteiger partial charge in [0.05, 0.1) is 11.5 Å². The molecule has 0 saturated carbocycles. The van der Waals surface area contributed by atoms with Crippen molar-refractivity contribution < 1.29 is 14.3 Å². The van der Waals surface area contributed by atoms with Gasteiger partial charge in [0.25, 0.3) is 0 Å². The van der Waals surface area contributed by atoms with Crippen molar-refractivity contribution in [3.8, 4) is 11.5 Å². The molecule has 0 bridgehead atoms. The third kappa shape index (κ3) is 4.11. The van der Waals surface area contributed by atoms with Crippen LogP contribution in [0.5, 0.6) is 11.5 Å². The molecule has 0 atom stereocenters. The minimum Gasteiger partial charge on any atom is -0.486 e. The molecule has 1 N–H and O–H groups in total. The highest BCUT2D eigenvalue weighted by atomic mass is 16.6. The Morgan fingerprint density at radius 2 is 1.38 bits per heavy atom. The van der Waals surface area contributed by atoms with Gasteiger partial charge < -0.3 is 14.8 Å². The molecule has 0 radical (unpaired) electrons. The fourth-order valence-electron chi connectivity index (χ4n) is 3.67. The molecule has 0 saturated heterocycles. The van der Waals surface area contributed by atoms with Gasteiger partial charge in [-0.3, -0.25) is 4.79 Å². The van der Waals surface area contributed by atoms with Crippen molar-refractivity contribution in [1.29, 1.82) is 0 Å². The Kier molecular flexibility index (Phi) is 5.26. The lowest BCUT2D eigenvalue weighted by Gasteiger charge is -2.31. The first-order valence-electron chi connectivity index (χ1n) is 9.87. The van der Waals surface area contributed by atoms with E-state index in [0.29, 0.717) is 13.2 Å². The van der Waals surface area contributed by atoms with Gasteiger partial charge in [-0.2, -0.15) is 0 Å². The second kappa shape index (κ2) is 8.00. The van der Waals surface area contributed by atoms with Crippen molar-refractivity contribution in [2.75, 3.05) is 13.2 Å². The van der Waals surface area contributed by atoms with Crippen LogP contribution < -0.4 is 14.8 Å². The van der Waals surface area contributed by atoms with Crippen LogP contribution in [0.3, 0.4) is 0 Å². The van der Waals surface area contributed by atoms with Crippen molar-refractivity contribution in [2.24, 2.45) is 0 Å².